The highest BCUT2D eigenvalue weighted by atomic mass is 19.4. The zero-order chi connectivity index (χ0) is 21.3. The lowest BCUT2D eigenvalue weighted by molar-refractivity contribution is -0.140. The third-order valence-corrected chi connectivity index (χ3v) is 4.73. The maximum atomic E-state index is 12.9. The number of guanidine groups is 1. The van der Waals surface area contributed by atoms with E-state index in [1.165, 1.54) is 19.2 Å². The normalized spacial score (nSPS) is 15.4. The van der Waals surface area contributed by atoms with E-state index in [-0.39, 0.29) is 5.97 Å². The number of halogens is 3. The van der Waals surface area contributed by atoms with Gasteiger partial charge in [-0.1, -0.05) is 6.07 Å². The Morgan fingerprint density at radius 3 is 2.55 bits per heavy atom. The van der Waals surface area contributed by atoms with Crippen molar-refractivity contribution in [1.82, 2.24) is 10.2 Å². The van der Waals surface area contributed by atoms with Crippen LogP contribution in [0.2, 0.25) is 0 Å². The van der Waals surface area contributed by atoms with Gasteiger partial charge in [0.2, 0.25) is 0 Å². The Morgan fingerprint density at radius 2 is 1.93 bits per heavy atom. The molecule has 0 atom stereocenters. The molecule has 0 aliphatic carbocycles. The van der Waals surface area contributed by atoms with Gasteiger partial charge in [-0.2, -0.15) is 13.2 Å². The summed E-state index contributed by atoms with van der Waals surface area (Å²) in [7, 11) is 1.38. The molecule has 1 saturated heterocycles. The fourth-order valence-electron chi connectivity index (χ4n) is 3.15. The van der Waals surface area contributed by atoms with Gasteiger partial charge in [-0.3, -0.25) is 9.79 Å². The molecule has 0 spiro atoms. The van der Waals surface area contributed by atoms with Crippen molar-refractivity contribution in [3.8, 4) is 0 Å². The molecule has 0 unspecified atom stereocenters. The van der Waals surface area contributed by atoms with Crippen LogP contribution in [0.1, 0.15) is 31.7 Å². The Balaban J connectivity index is 1.89. The van der Waals surface area contributed by atoms with E-state index in [0.29, 0.717) is 44.8 Å². The number of carbonyl (C=O) groups excluding carboxylic acids is 1. The van der Waals surface area contributed by atoms with Crippen LogP contribution in [0.3, 0.4) is 0 Å². The maximum absolute atomic E-state index is 12.9. The Morgan fingerprint density at radius 1 is 1.21 bits per heavy atom. The van der Waals surface area contributed by atoms with E-state index in [9.17, 15) is 18.0 Å². The lowest BCUT2D eigenvalue weighted by atomic mass is 10.1. The first-order valence-electron chi connectivity index (χ1n) is 9.87. The van der Waals surface area contributed by atoms with Crippen LogP contribution in [-0.2, 0) is 15.7 Å². The summed E-state index contributed by atoms with van der Waals surface area (Å²) in [5, 5.41) is 3.26. The van der Waals surface area contributed by atoms with Crippen molar-refractivity contribution >= 4 is 17.6 Å². The number of methoxy groups -OCH3 is 1. The molecule has 29 heavy (non-hydrogen) atoms. The summed E-state index contributed by atoms with van der Waals surface area (Å²) in [6.07, 6.45) is -2.44. The molecule has 1 aliphatic heterocycles. The first-order chi connectivity index (χ1) is 13.8. The van der Waals surface area contributed by atoms with Gasteiger partial charge in [0.25, 0.3) is 0 Å². The number of carbonyl (C=O) groups is 1. The van der Waals surface area contributed by atoms with Crippen molar-refractivity contribution in [3.63, 3.8) is 0 Å². The first-order valence-corrected chi connectivity index (χ1v) is 9.87. The number of rotatable bonds is 7. The van der Waals surface area contributed by atoms with Crippen LogP contribution in [0, 0.1) is 0 Å². The van der Waals surface area contributed by atoms with Crippen molar-refractivity contribution in [2.24, 2.45) is 4.99 Å². The molecule has 9 heteroatoms. The number of aliphatic imine (C=N–C) groups is 1. The fourth-order valence-corrected chi connectivity index (χ4v) is 3.15. The van der Waals surface area contributed by atoms with Crippen molar-refractivity contribution in [2.45, 2.75) is 32.4 Å². The largest absolute Gasteiger partial charge is 0.469 e. The zero-order valence-corrected chi connectivity index (χ0v) is 17.0. The molecule has 0 aromatic heterocycles. The molecule has 0 bridgehead atoms. The van der Waals surface area contributed by atoms with Gasteiger partial charge in [0.05, 0.1) is 12.7 Å². The van der Waals surface area contributed by atoms with Crippen molar-refractivity contribution in [1.29, 1.82) is 0 Å². The smallest absolute Gasteiger partial charge is 0.416 e. The highest BCUT2D eigenvalue weighted by Gasteiger charge is 2.31. The minimum absolute atomic E-state index is 0.216. The summed E-state index contributed by atoms with van der Waals surface area (Å²) in [5.74, 6) is 0.584. The molecule has 1 aromatic rings. The van der Waals surface area contributed by atoms with E-state index in [0.717, 1.165) is 31.4 Å². The third-order valence-electron chi connectivity index (χ3n) is 4.73. The highest BCUT2D eigenvalue weighted by Crippen LogP contribution is 2.31. The van der Waals surface area contributed by atoms with Crippen LogP contribution < -0.4 is 10.2 Å². The quantitative estimate of drug-likeness (QED) is 0.322. The number of alkyl halides is 3. The summed E-state index contributed by atoms with van der Waals surface area (Å²) >= 11 is 0. The van der Waals surface area contributed by atoms with E-state index in [4.69, 9.17) is 0 Å². The summed E-state index contributed by atoms with van der Waals surface area (Å²) < 4.78 is 43.5. The predicted molar refractivity (Wildman–Crippen MR) is 107 cm³/mol. The summed E-state index contributed by atoms with van der Waals surface area (Å²) in [5.41, 5.74) is -0.0384. The minimum Gasteiger partial charge on any atom is -0.469 e. The summed E-state index contributed by atoms with van der Waals surface area (Å²) in [6, 6.07) is 5.46. The number of anilines is 1. The maximum Gasteiger partial charge on any atom is 0.416 e. The topological polar surface area (TPSA) is 57.2 Å². The van der Waals surface area contributed by atoms with Crippen LogP contribution in [-0.4, -0.2) is 63.2 Å². The average molecular weight is 414 g/mol. The average Bonchev–Trinajstić information content (AvgIpc) is 2.72. The van der Waals surface area contributed by atoms with E-state index < -0.39 is 11.7 Å². The molecule has 1 N–H and O–H groups in total. The third kappa shape index (κ3) is 7.14. The molecule has 0 radical (unpaired) electrons. The van der Waals surface area contributed by atoms with Gasteiger partial charge >= 0.3 is 12.1 Å². The van der Waals surface area contributed by atoms with Gasteiger partial charge in [0.15, 0.2) is 5.96 Å². The van der Waals surface area contributed by atoms with Gasteiger partial charge in [0, 0.05) is 51.4 Å². The van der Waals surface area contributed by atoms with Crippen molar-refractivity contribution < 1.29 is 22.7 Å². The Hall–Kier alpha value is -2.45. The molecular formula is C20H29F3N4O2. The molecule has 1 heterocycles. The molecule has 0 amide bonds. The number of benzene rings is 1. The molecular weight excluding hydrogens is 385 g/mol. The zero-order valence-electron chi connectivity index (χ0n) is 17.0. The van der Waals surface area contributed by atoms with Gasteiger partial charge in [-0.05, 0) is 38.0 Å². The summed E-state index contributed by atoms with van der Waals surface area (Å²) in [6.45, 7) is 5.91. The lowest BCUT2D eigenvalue weighted by Crippen LogP contribution is -2.52. The Bertz CT molecular complexity index is 687. The van der Waals surface area contributed by atoms with E-state index >= 15 is 0 Å². The second-order valence-electron chi connectivity index (χ2n) is 6.79. The molecule has 1 aromatic carbocycles. The molecule has 1 aliphatic rings. The van der Waals surface area contributed by atoms with Crippen LogP contribution >= 0.6 is 0 Å². The minimum atomic E-state index is -4.34. The monoisotopic (exact) mass is 414 g/mol. The first kappa shape index (κ1) is 22.8. The number of esters is 1. The van der Waals surface area contributed by atoms with Crippen LogP contribution in [0.15, 0.2) is 29.3 Å². The molecule has 6 nitrogen and oxygen atoms in total. The Kier molecular flexibility index (Phi) is 8.60. The van der Waals surface area contributed by atoms with Crippen LogP contribution in [0.25, 0.3) is 0 Å². The van der Waals surface area contributed by atoms with Crippen LogP contribution in [0.5, 0.6) is 0 Å². The standard InChI is InChI=1S/C20H29F3N4O2/c1-3-24-19(25-10-5-4-9-18(28)29-2)27-13-11-26(12-14-27)17-8-6-7-16(15-17)20(21,22)23/h6-8,15H,3-5,9-14H2,1-2H3,(H,24,25). The van der Waals surface area contributed by atoms with E-state index in [2.05, 4.69) is 19.9 Å². The molecule has 1 fully saturated rings. The SMILES string of the molecule is CCNC(=NCCCCC(=O)OC)N1CCN(c2cccc(C(F)(F)F)c2)CC1. The second-order valence-corrected chi connectivity index (χ2v) is 6.79. The molecule has 0 saturated carbocycles. The lowest BCUT2D eigenvalue weighted by Gasteiger charge is -2.38. The van der Waals surface area contributed by atoms with Crippen molar-refractivity contribution in [2.75, 3.05) is 51.3 Å². The van der Waals surface area contributed by atoms with Crippen LogP contribution in [0.4, 0.5) is 18.9 Å². The second kappa shape index (κ2) is 10.9. The number of piperazine rings is 1. The van der Waals surface area contributed by atoms with Gasteiger partial charge in [-0.15, -0.1) is 0 Å². The molecule has 2 rings (SSSR count). The van der Waals surface area contributed by atoms with E-state index in [1.807, 2.05) is 11.8 Å². The Labute approximate surface area is 169 Å². The number of nitrogens with zero attached hydrogens (tertiary/aromatic N) is 3. The summed E-state index contributed by atoms with van der Waals surface area (Å²) in [4.78, 5) is 19.8. The predicted octanol–water partition coefficient (Wildman–Crippen LogP) is 3.14. The number of nitrogens with one attached hydrogen (secondary N) is 1. The number of ether oxygens (including phenoxy) is 1. The number of hydrogen-bond donors (Lipinski definition) is 1. The van der Waals surface area contributed by atoms with Crippen molar-refractivity contribution in [3.05, 3.63) is 29.8 Å². The van der Waals surface area contributed by atoms with Gasteiger partial charge < -0.3 is 19.9 Å². The van der Waals surface area contributed by atoms with Gasteiger partial charge in [0.1, 0.15) is 0 Å². The van der Waals surface area contributed by atoms with Gasteiger partial charge in [-0.25, -0.2) is 0 Å². The van der Waals surface area contributed by atoms with E-state index in [1.54, 1.807) is 6.07 Å². The fraction of sp³-hybridized carbons (Fsp3) is 0.600. The highest BCUT2D eigenvalue weighted by molar-refractivity contribution is 5.80. The number of unbranched alkanes of at least 4 members (excludes halogenated alkanes) is 1. The molecule has 162 valence electrons. The number of hydrogen-bond acceptors (Lipinski definition) is 4.